The van der Waals surface area contributed by atoms with Gasteiger partial charge in [-0.3, -0.25) is 9.59 Å². The molecular formula is C23H20N4O6S. The first kappa shape index (κ1) is 24.2. The topological polar surface area (TPSA) is 196 Å². The number of rotatable bonds is 7. The lowest BCUT2D eigenvalue weighted by atomic mass is 9.96. The molecule has 3 aromatic carbocycles. The van der Waals surface area contributed by atoms with Gasteiger partial charge in [0.1, 0.15) is 0 Å². The van der Waals surface area contributed by atoms with Crippen molar-refractivity contribution in [1.82, 2.24) is 0 Å². The van der Waals surface area contributed by atoms with E-state index in [9.17, 15) is 22.8 Å². The molecule has 0 radical (unpaired) electrons. The average molecular weight is 481 g/mol. The van der Waals surface area contributed by atoms with Crippen LogP contribution < -0.4 is 21.9 Å². The lowest BCUT2D eigenvalue weighted by molar-refractivity contribution is -0.111. The number of carbonyl (C=O) groups excluding carboxylic acids is 2. The lowest BCUT2D eigenvalue weighted by Crippen LogP contribution is -2.14. The molecule has 174 valence electrons. The van der Waals surface area contributed by atoms with Crippen molar-refractivity contribution in [3.63, 3.8) is 0 Å². The number of nitrogens with two attached hydrogens (primary N) is 3. The second-order valence-corrected chi connectivity index (χ2v) is 8.73. The highest BCUT2D eigenvalue weighted by Gasteiger charge is 2.15. The number of anilines is 2. The fourth-order valence-electron chi connectivity index (χ4n) is 3.09. The van der Waals surface area contributed by atoms with Gasteiger partial charge in [-0.15, -0.1) is 0 Å². The monoisotopic (exact) mass is 480 g/mol. The molecule has 3 rings (SSSR count). The van der Waals surface area contributed by atoms with Crippen molar-refractivity contribution in [3.05, 3.63) is 83.4 Å². The highest BCUT2D eigenvalue weighted by atomic mass is 32.2. The molecule has 0 bridgehead atoms. The van der Waals surface area contributed by atoms with Gasteiger partial charge in [-0.05, 0) is 65.7 Å². The molecule has 0 saturated carbocycles. The van der Waals surface area contributed by atoms with E-state index in [-0.39, 0.29) is 21.7 Å². The minimum Gasteiger partial charge on any atom is -0.478 e. The van der Waals surface area contributed by atoms with Crippen LogP contribution in [0.1, 0.15) is 26.3 Å². The number of sulfonamides is 1. The summed E-state index contributed by atoms with van der Waals surface area (Å²) in [5.41, 5.74) is 13.5. The Kier molecular flexibility index (Phi) is 6.80. The molecular weight excluding hydrogens is 460 g/mol. The Morgan fingerprint density at radius 2 is 1.56 bits per heavy atom. The minimum atomic E-state index is -3.88. The minimum absolute atomic E-state index is 0.0253. The number of amides is 2. The normalized spacial score (nSPS) is 11.3. The fraction of sp³-hybridized carbons (Fsp3) is 0. The molecule has 8 N–H and O–H groups in total. The number of hydrogen-bond acceptors (Lipinski definition) is 6. The van der Waals surface area contributed by atoms with E-state index in [0.29, 0.717) is 22.4 Å². The van der Waals surface area contributed by atoms with Gasteiger partial charge in [-0.1, -0.05) is 12.1 Å². The summed E-state index contributed by atoms with van der Waals surface area (Å²) in [6.07, 6.45) is 2.66. The number of aromatic carboxylic acids is 1. The number of nitrogen functional groups attached to an aromatic ring is 1. The molecule has 11 heteroatoms. The van der Waals surface area contributed by atoms with E-state index in [4.69, 9.17) is 21.7 Å². The summed E-state index contributed by atoms with van der Waals surface area (Å²) in [4.78, 5) is 35.0. The first-order chi connectivity index (χ1) is 16.0. The number of carbonyl (C=O) groups is 3. The highest BCUT2D eigenvalue weighted by Crippen LogP contribution is 2.31. The maximum absolute atomic E-state index is 12.3. The van der Waals surface area contributed by atoms with Crippen LogP contribution in [0.5, 0.6) is 0 Å². The number of primary sulfonamides is 1. The molecule has 0 unspecified atom stereocenters. The van der Waals surface area contributed by atoms with Crippen molar-refractivity contribution in [1.29, 1.82) is 0 Å². The molecule has 0 aliphatic heterocycles. The van der Waals surface area contributed by atoms with Crippen LogP contribution >= 0.6 is 0 Å². The van der Waals surface area contributed by atoms with Gasteiger partial charge in [0.15, 0.2) is 0 Å². The Balaban J connectivity index is 1.90. The fourth-order valence-corrected chi connectivity index (χ4v) is 3.61. The zero-order chi connectivity index (χ0) is 25.0. The van der Waals surface area contributed by atoms with E-state index in [1.807, 2.05) is 0 Å². The van der Waals surface area contributed by atoms with E-state index >= 15 is 0 Å². The van der Waals surface area contributed by atoms with Crippen molar-refractivity contribution in [2.24, 2.45) is 10.9 Å². The Bertz CT molecular complexity index is 1410. The Morgan fingerprint density at radius 3 is 2.09 bits per heavy atom. The first-order valence-electron chi connectivity index (χ1n) is 9.64. The summed E-state index contributed by atoms with van der Waals surface area (Å²) in [6, 6.07) is 14.2. The number of hydrogen-bond donors (Lipinski definition) is 5. The van der Waals surface area contributed by atoms with Crippen molar-refractivity contribution < 1.29 is 27.9 Å². The maximum atomic E-state index is 12.3. The SMILES string of the molecule is NC(=O)c1cc(C=CC(=O)Nc2ccc(C(=O)O)cc2)cc(-c2ccc(S(N)(=O)=O)cc2)c1N. The van der Waals surface area contributed by atoms with Crippen LogP contribution in [-0.4, -0.2) is 31.3 Å². The zero-order valence-electron chi connectivity index (χ0n) is 17.6. The van der Waals surface area contributed by atoms with E-state index in [0.717, 1.165) is 0 Å². The van der Waals surface area contributed by atoms with Crippen molar-refractivity contribution >= 4 is 45.3 Å². The van der Waals surface area contributed by atoms with Crippen molar-refractivity contribution in [2.45, 2.75) is 4.90 Å². The van der Waals surface area contributed by atoms with Crippen molar-refractivity contribution in [3.8, 4) is 11.1 Å². The molecule has 2 amide bonds. The van der Waals surface area contributed by atoms with Gasteiger partial charge in [0.25, 0.3) is 5.91 Å². The van der Waals surface area contributed by atoms with Gasteiger partial charge in [0, 0.05) is 17.3 Å². The van der Waals surface area contributed by atoms with E-state index in [1.54, 1.807) is 6.07 Å². The first-order valence-corrected chi connectivity index (χ1v) is 11.2. The van der Waals surface area contributed by atoms with Gasteiger partial charge in [0.05, 0.1) is 21.7 Å². The van der Waals surface area contributed by atoms with Crippen LogP contribution in [0, 0.1) is 0 Å². The third-order valence-electron chi connectivity index (χ3n) is 4.79. The maximum Gasteiger partial charge on any atom is 0.335 e. The zero-order valence-corrected chi connectivity index (χ0v) is 18.4. The predicted octanol–water partition coefficient (Wildman–Crippen LogP) is 2.03. The molecule has 0 saturated heterocycles. The van der Waals surface area contributed by atoms with Gasteiger partial charge < -0.3 is 21.9 Å². The molecule has 0 heterocycles. The van der Waals surface area contributed by atoms with Crippen LogP contribution in [-0.2, 0) is 14.8 Å². The van der Waals surface area contributed by atoms with Crippen LogP contribution in [0.25, 0.3) is 17.2 Å². The number of carboxylic acids is 1. The van der Waals surface area contributed by atoms with Crippen LogP contribution in [0.4, 0.5) is 11.4 Å². The summed E-state index contributed by atoms with van der Waals surface area (Å²) in [6.45, 7) is 0. The number of carboxylic acid groups (broad SMARTS) is 1. The number of primary amides is 1. The van der Waals surface area contributed by atoms with Crippen molar-refractivity contribution in [2.75, 3.05) is 11.1 Å². The second-order valence-electron chi connectivity index (χ2n) is 7.17. The van der Waals surface area contributed by atoms with Crippen LogP contribution in [0.3, 0.4) is 0 Å². The molecule has 0 atom stereocenters. The molecule has 3 aromatic rings. The molecule has 0 fully saturated rings. The summed E-state index contributed by atoms with van der Waals surface area (Å²) in [5, 5.41) is 16.6. The largest absolute Gasteiger partial charge is 0.478 e. The van der Waals surface area contributed by atoms with E-state index in [1.165, 1.54) is 66.7 Å². The van der Waals surface area contributed by atoms with E-state index < -0.39 is 27.8 Å². The molecule has 0 spiro atoms. The number of nitrogens with one attached hydrogen (secondary N) is 1. The quantitative estimate of drug-likeness (QED) is 0.252. The molecule has 0 aliphatic carbocycles. The second kappa shape index (κ2) is 9.57. The third kappa shape index (κ3) is 5.65. The summed E-state index contributed by atoms with van der Waals surface area (Å²) >= 11 is 0. The van der Waals surface area contributed by atoms with Gasteiger partial charge in [-0.25, -0.2) is 18.4 Å². The lowest BCUT2D eigenvalue weighted by Gasteiger charge is -2.12. The summed E-state index contributed by atoms with van der Waals surface area (Å²) < 4.78 is 23.0. The smallest absolute Gasteiger partial charge is 0.335 e. The summed E-state index contributed by atoms with van der Waals surface area (Å²) in [7, 11) is -3.88. The Hall–Kier alpha value is -4.48. The summed E-state index contributed by atoms with van der Waals surface area (Å²) in [5.74, 6) is -2.36. The third-order valence-corrected chi connectivity index (χ3v) is 5.72. The predicted molar refractivity (Wildman–Crippen MR) is 127 cm³/mol. The molecule has 10 nitrogen and oxygen atoms in total. The Labute approximate surface area is 194 Å². The number of benzene rings is 3. The van der Waals surface area contributed by atoms with Crippen LogP contribution in [0.15, 0.2) is 71.6 Å². The van der Waals surface area contributed by atoms with Gasteiger partial charge in [-0.2, -0.15) is 0 Å². The average Bonchev–Trinajstić information content (AvgIpc) is 2.78. The van der Waals surface area contributed by atoms with Gasteiger partial charge in [0.2, 0.25) is 15.9 Å². The standard InChI is InChI=1S/C23H20N4O6S/c24-21-18(14-4-8-17(9-5-14)34(26,32)33)11-13(12-19(21)22(25)29)1-10-20(28)27-16-6-2-15(3-7-16)23(30)31/h1-12H,24H2,(H2,25,29)(H,27,28)(H,30,31)(H2,26,32,33). The molecule has 34 heavy (non-hydrogen) atoms. The van der Waals surface area contributed by atoms with Crippen LogP contribution in [0.2, 0.25) is 0 Å². The molecule has 0 aliphatic rings. The van der Waals surface area contributed by atoms with Gasteiger partial charge >= 0.3 is 5.97 Å². The van der Waals surface area contributed by atoms with E-state index in [2.05, 4.69) is 5.32 Å². The molecule has 0 aromatic heterocycles. The highest BCUT2D eigenvalue weighted by molar-refractivity contribution is 7.89. The Morgan fingerprint density at radius 1 is 0.941 bits per heavy atom.